The van der Waals surface area contributed by atoms with Gasteiger partial charge in [0.2, 0.25) is 5.95 Å². The molecule has 0 radical (unpaired) electrons. The molecule has 0 fully saturated rings. The van der Waals surface area contributed by atoms with Crippen molar-refractivity contribution < 1.29 is 19.4 Å². The van der Waals surface area contributed by atoms with Crippen molar-refractivity contribution in [2.45, 2.75) is 32.5 Å². The summed E-state index contributed by atoms with van der Waals surface area (Å²) in [6.45, 7) is 3.15. The lowest BCUT2D eigenvalue weighted by Gasteiger charge is -2.18. The molecule has 2 atom stereocenters. The number of carbonyl (C=O) groups is 1. The van der Waals surface area contributed by atoms with Gasteiger partial charge in [0.05, 0.1) is 6.10 Å². The molecule has 1 aromatic heterocycles. The fraction of sp³-hybridized carbons (Fsp3) is 0.500. The van der Waals surface area contributed by atoms with Crippen molar-refractivity contribution in [3.05, 3.63) is 29.3 Å². The Labute approximate surface area is 109 Å². The van der Waals surface area contributed by atoms with Crippen molar-refractivity contribution in [1.82, 2.24) is 4.98 Å². The van der Waals surface area contributed by atoms with E-state index in [0.717, 1.165) is 11.8 Å². The van der Waals surface area contributed by atoms with Gasteiger partial charge in [-0.05, 0) is 25.0 Å². The first-order valence-electron chi connectivity index (χ1n) is 5.53. The Kier molecular flexibility index (Phi) is 5.71. The summed E-state index contributed by atoms with van der Waals surface area (Å²) in [4.78, 5) is 14.2. The molecule has 0 bridgehead atoms. The van der Waals surface area contributed by atoms with E-state index in [9.17, 15) is 19.4 Å². The maximum absolute atomic E-state index is 13.4. The molecule has 1 aromatic rings. The van der Waals surface area contributed by atoms with Crippen molar-refractivity contribution in [3.63, 3.8) is 0 Å². The highest BCUT2D eigenvalue weighted by Gasteiger charge is 2.22. The summed E-state index contributed by atoms with van der Waals surface area (Å²) in [6, 6.07) is 1.45. The molecule has 6 heteroatoms. The molecule has 1 rings (SSSR count). The molecule has 0 aliphatic rings. The molecule has 18 heavy (non-hydrogen) atoms. The second kappa shape index (κ2) is 6.82. The molecule has 100 valence electrons. The van der Waals surface area contributed by atoms with Crippen LogP contribution in [-0.4, -0.2) is 32.2 Å². The monoisotopic (exact) mass is 273 g/mol. The van der Waals surface area contributed by atoms with Crippen LogP contribution in [0.5, 0.6) is 0 Å². The van der Waals surface area contributed by atoms with Crippen LogP contribution in [0.25, 0.3) is 0 Å². The Morgan fingerprint density at radius 2 is 2.22 bits per heavy atom. The van der Waals surface area contributed by atoms with Crippen LogP contribution in [0.3, 0.4) is 0 Å². The van der Waals surface area contributed by atoms with E-state index in [1.54, 1.807) is 6.92 Å². The summed E-state index contributed by atoms with van der Waals surface area (Å²) in [6.07, 6.45) is -0.887. The molecule has 0 aliphatic heterocycles. The molecule has 0 saturated heterocycles. The predicted molar refractivity (Wildman–Crippen MR) is 67.7 cm³/mol. The fourth-order valence-corrected chi connectivity index (χ4v) is 2.12. The molecule has 2 unspecified atom stereocenters. The van der Waals surface area contributed by atoms with E-state index < -0.39 is 18.2 Å². The van der Waals surface area contributed by atoms with E-state index >= 15 is 0 Å². The van der Waals surface area contributed by atoms with Gasteiger partial charge in [0.25, 0.3) is 0 Å². The number of aryl methyl sites for hydroxylation is 1. The lowest BCUT2D eigenvalue weighted by molar-refractivity contribution is -0.109. The van der Waals surface area contributed by atoms with Gasteiger partial charge in [-0.1, -0.05) is 11.8 Å². The summed E-state index contributed by atoms with van der Waals surface area (Å²) < 4.78 is 13.4. The Balaban J connectivity index is 2.64. The number of pyridine rings is 1. The highest BCUT2D eigenvalue weighted by atomic mass is 32.2. The van der Waals surface area contributed by atoms with E-state index in [-0.39, 0.29) is 17.1 Å². The van der Waals surface area contributed by atoms with E-state index in [0.29, 0.717) is 11.3 Å². The van der Waals surface area contributed by atoms with Crippen LogP contribution in [-0.2, 0) is 4.79 Å². The van der Waals surface area contributed by atoms with Gasteiger partial charge in [-0.15, -0.1) is 0 Å². The Bertz CT molecular complexity index is 428. The smallest absolute Gasteiger partial charge is 0.218 e. The number of aliphatic hydroxyl groups is 2. The molecule has 4 nitrogen and oxygen atoms in total. The largest absolute Gasteiger partial charge is 0.390 e. The Morgan fingerprint density at radius 1 is 1.56 bits per heavy atom. The van der Waals surface area contributed by atoms with Crippen molar-refractivity contribution >= 4 is 16.9 Å². The third-order valence-corrected chi connectivity index (χ3v) is 3.25. The van der Waals surface area contributed by atoms with E-state index in [1.807, 2.05) is 0 Å². The first-order chi connectivity index (χ1) is 8.41. The number of aromatic nitrogens is 1. The van der Waals surface area contributed by atoms with Crippen LogP contribution in [0.1, 0.15) is 30.6 Å². The average molecular weight is 273 g/mol. The molecule has 0 amide bonds. The fourth-order valence-electron chi connectivity index (χ4n) is 1.47. The minimum atomic E-state index is -1.33. The standard InChI is InChI=1S/C12H16FNO3S/c1-7-5-9(12(13)14-6-7)11(17)10(16)3-4-18-8(2)15/h5-6,10-11,16-17H,3-4H2,1-2H3. The summed E-state index contributed by atoms with van der Waals surface area (Å²) in [5.41, 5.74) is 0.686. The van der Waals surface area contributed by atoms with E-state index in [1.165, 1.54) is 19.2 Å². The molecule has 0 spiro atoms. The lowest BCUT2D eigenvalue weighted by Crippen LogP contribution is -2.20. The van der Waals surface area contributed by atoms with Crippen LogP contribution in [0.4, 0.5) is 4.39 Å². The highest BCUT2D eigenvalue weighted by molar-refractivity contribution is 8.13. The summed E-state index contributed by atoms with van der Waals surface area (Å²) in [7, 11) is 0. The predicted octanol–water partition coefficient (Wildman–Crippen LogP) is 1.59. The number of hydrogen-bond acceptors (Lipinski definition) is 5. The third-order valence-electron chi connectivity index (χ3n) is 2.40. The zero-order valence-corrected chi connectivity index (χ0v) is 11.1. The molecular formula is C12H16FNO3S. The normalized spacial score (nSPS) is 14.3. The molecule has 1 heterocycles. The molecular weight excluding hydrogens is 257 g/mol. The highest BCUT2D eigenvalue weighted by Crippen LogP contribution is 2.22. The number of rotatable bonds is 5. The SMILES string of the molecule is CC(=O)SCCC(O)C(O)c1cc(C)cnc1F. The first-order valence-corrected chi connectivity index (χ1v) is 6.52. The zero-order valence-electron chi connectivity index (χ0n) is 10.3. The number of thioether (sulfide) groups is 1. The Hall–Kier alpha value is -0.980. The number of halogens is 1. The van der Waals surface area contributed by atoms with Crippen molar-refractivity contribution in [2.75, 3.05) is 5.75 Å². The summed E-state index contributed by atoms with van der Waals surface area (Å²) >= 11 is 1.06. The van der Waals surface area contributed by atoms with Crippen LogP contribution < -0.4 is 0 Å². The van der Waals surface area contributed by atoms with Crippen molar-refractivity contribution in [1.29, 1.82) is 0 Å². The summed E-state index contributed by atoms with van der Waals surface area (Å²) in [5.74, 6) is -0.402. The maximum atomic E-state index is 13.4. The minimum Gasteiger partial charge on any atom is -0.390 e. The van der Waals surface area contributed by atoms with Crippen LogP contribution in [0, 0.1) is 12.9 Å². The van der Waals surface area contributed by atoms with Gasteiger partial charge in [-0.2, -0.15) is 4.39 Å². The number of nitrogens with zero attached hydrogens (tertiary/aromatic N) is 1. The lowest BCUT2D eigenvalue weighted by atomic mass is 10.0. The van der Waals surface area contributed by atoms with Crippen LogP contribution in [0.15, 0.2) is 12.3 Å². The van der Waals surface area contributed by atoms with E-state index in [4.69, 9.17) is 0 Å². The van der Waals surface area contributed by atoms with Gasteiger partial charge in [0, 0.05) is 24.4 Å². The number of aliphatic hydroxyl groups excluding tert-OH is 2. The van der Waals surface area contributed by atoms with Crippen molar-refractivity contribution in [3.8, 4) is 0 Å². The van der Waals surface area contributed by atoms with E-state index in [2.05, 4.69) is 4.98 Å². The zero-order chi connectivity index (χ0) is 13.7. The van der Waals surface area contributed by atoms with Gasteiger partial charge in [-0.3, -0.25) is 4.79 Å². The molecule has 2 N–H and O–H groups in total. The third kappa shape index (κ3) is 4.36. The van der Waals surface area contributed by atoms with Crippen LogP contribution in [0.2, 0.25) is 0 Å². The number of carbonyl (C=O) groups excluding carboxylic acids is 1. The maximum Gasteiger partial charge on any atom is 0.218 e. The molecule has 0 aliphatic carbocycles. The topological polar surface area (TPSA) is 70.4 Å². The Morgan fingerprint density at radius 3 is 2.83 bits per heavy atom. The van der Waals surface area contributed by atoms with Gasteiger partial charge in [0.1, 0.15) is 6.10 Å². The molecule has 0 aromatic carbocycles. The second-order valence-electron chi connectivity index (χ2n) is 4.03. The first kappa shape index (κ1) is 15.1. The number of hydrogen-bond donors (Lipinski definition) is 2. The van der Waals surface area contributed by atoms with Crippen LogP contribution >= 0.6 is 11.8 Å². The average Bonchev–Trinajstić information content (AvgIpc) is 2.30. The second-order valence-corrected chi connectivity index (χ2v) is 5.31. The quantitative estimate of drug-likeness (QED) is 0.797. The summed E-state index contributed by atoms with van der Waals surface area (Å²) in [5, 5.41) is 19.5. The van der Waals surface area contributed by atoms with Gasteiger partial charge < -0.3 is 10.2 Å². The van der Waals surface area contributed by atoms with Gasteiger partial charge in [-0.25, -0.2) is 4.98 Å². The molecule has 0 saturated carbocycles. The van der Waals surface area contributed by atoms with Crippen molar-refractivity contribution in [2.24, 2.45) is 0 Å². The minimum absolute atomic E-state index is 0.0182. The van der Waals surface area contributed by atoms with Gasteiger partial charge >= 0.3 is 0 Å². The van der Waals surface area contributed by atoms with Gasteiger partial charge in [0.15, 0.2) is 5.12 Å².